The molecule has 2 aromatic carbocycles. The number of ether oxygens (including phenoxy) is 3. The molecule has 252 valence electrons. The molecule has 0 unspecified atom stereocenters. The van der Waals surface area contributed by atoms with Crippen LogP contribution in [0.4, 0.5) is 10.2 Å². The Balaban J connectivity index is 1.41. The van der Waals surface area contributed by atoms with E-state index < -0.39 is 17.2 Å². The number of hydrogen-bond donors (Lipinski definition) is 1. The first kappa shape index (κ1) is 32.2. The average molecular weight is 657 g/mol. The van der Waals surface area contributed by atoms with Gasteiger partial charge in [-0.15, -0.1) is 6.42 Å². The van der Waals surface area contributed by atoms with Crippen LogP contribution in [0.2, 0.25) is 0 Å². The molecule has 0 spiro atoms. The third-order valence-corrected chi connectivity index (χ3v) is 9.97. The van der Waals surface area contributed by atoms with Crippen molar-refractivity contribution < 1.29 is 28.5 Å². The van der Waals surface area contributed by atoms with E-state index in [1.165, 1.54) is 13.2 Å². The fourth-order valence-corrected chi connectivity index (χ4v) is 7.24. The molecule has 0 amide bonds. The Labute approximate surface area is 279 Å². The van der Waals surface area contributed by atoms with E-state index in [1.54, 1.807) is 18.2 Å². The van der Waals surface area contributed by atoms with E-state index in [1.807, 2.05) is 16.4 Å². The van der Waals surface area contributed by atoms with Gasteiger partial charge in [-0.05, 0) is 89.0 Å². The number of rotatable bonds is 10. The van der Waals surface area contributed by atoms with Crippen molar-refractivity contribution in [2.24, 2.45) is 0 Å². The highest BCUT2D eigenvalue weighted by Gasteiger charge is 2.36. The number of piperidine rings is 1. The first-order valence-electron chi connectivity index (χ1n) is 16.7. The minimum atomic E-state index is -0.916. The fourth-order valence-electron chi connectivity index (χ4n) is 7.24. The maximum atomic E-state index is 15.1. The molecule has 4 aromatic rings. The third-order valence-electron chi connectivity index (χ3n) is 9.97. The number of nitrogens with zero attached hydrogens (tertiary/aromatic N) is 6. The number of methoxy groups -OCH3 is 1. The molecule has 48 heavy (non-hydrogen) atoms. The van der Waals surface area contributed by atoms with Crippen LogP contribution in [0.15, 0.2) is 24.3 Å². The zero-order valence-electron chi connectivity index (χ0n) is 27.7. The largest absolute Gasteiger partial charge is 0.468 e. The number of aromatic nitrogens is 4. The number of β-amino-alcohol motifs (C(OH)–C–C–N with tert-alkyl or cyclic N) is 1. The molecule has 2 saturated heterocycles. The van der Waals surface area contributed by atoms with Crippen molar-refractivity contribution in [2.45, 2.75) is 69.6 Å². The van der Waals surface area contributed by atoms with Crippen molar-refractivity contribution in [2.75, 3.05) is 52.1 Å². The second-order valence-corrected chi connectivity index (χ2v) is 13.5. The number of carbonyl (C=O) groups excluding carboxylic acids is 1. The van der Waals surface area contributed by atoms with Gasteiger partial charge in [0.15, 0.2) is 24.1 Å². The van der Waals surface area contributed by atoms with Crippen molar-refractivity contribution in [3.05, 3.63) is 47.0 Å². The SMILES string of the molecule is C#Cc1c(F)ccc2cc(OCOC)cc(C(=O)c3nc4nc(OC[C@@H]5CCCN5C)nc(N5CCC[C@@](C)(O)C5)c4n3C3CCC3)c12. The van der Waals surface area contributed by atoms with Crippen molar-refractivity contribution in [3.63, 3.8) is 0 Å². The second kappa shape index (κ2) is 13.0. The van der Waals surface area contributed by atoms with Crippen LogP contribution in [0.3, 0.4) is 0 Å². The van der Waals surface area contributed by atoms with E-state index >= 15 is 4.39 Å². The molecule has 0 bridgehead atoms. The van der Waals surface area contributed by atoms with Gasteiger partial charge in [-0.2, -0.15) is 9.97 Å². The molecule has 1 N–H and O–H groups in total. The lowest BCUT2D eigenvalue weighted by Crippen LogP contribution is -2.46. The van der Waals surface area contributed by atoms with Gasteiger partial charge in [-0.3, -0.25) is 4.79 Å². The Morgan fingerprint density at radius 2 is 1.96 bits per heavy atom. The van der Waals surface area contributed by atoms with E-state index in [9.17, 15) is 9.90 Å². The van der Waals surface area contributed by atoms with Gasteiger partial charge < -0.3 is 33.7 Å². The van der Waals surface area contributed by atoms with Crippen LogP contribution in [-0.4, -0.2) is 94.1 Å². The van der Waals surface area contributed by atoms with Crippen LogP contribution in [0, 0.1) is 18.2 Å². The summed E-state index contributed by atoms with van der Waals surface area (Å²) in [5.74, 6) is 2.50. The molecule has 2 aromatic heterocycles. The summed E-state index contributed by atoms with van der Waals surface area (Å²) in [6.07, 6.45) is 12.1. The first-order chi connectivity index (χ1) is 23.2. The molecule has 2 aliphatic heterocycles. The summed E-state index contributed by atoms with van der Waals surface area (Å²) in [6.45, 7) is 4.25. The van der Waals surface area contributed by atoms with Crippen molar-refractivity contribution in [1.29, 1.82) is 0 Å². The lowest BCUT2D eigenvalue weighted by molar-refractivity contribution is 0.0447. The highest BCUT2D eigenvalue weighted by molar-refractivity contribution is 6.17. The minimum Gasteiger partial charge on any atom is -0.468 e. The van der Waals surface area contributed by atoms with Gasteiger partial charge in [0.1, 0.15) is 23.7 Å². The van der Waals surface area contributed by atoms with Gasteiger partial charge in [-0.25, -0.2) is 9.37 Å². The molecule has 12 heteroatoms. The number of likely N-dealkylation sites (N-methyl/N-ethyl adjacent to an activating group) is 1. The molecular formula is C36H41FN6O5. The number of aliphatic hydroxyl groups is 1. The summed E-state index contributed by atoms with van der Waals surface area (Å²) < 4.78 is 34.1. The smallest absolute Gasteiger partial charge is 0.320 e. The minimum absolute atomic E-state index is 0.0101. The van der Waals surface area contributed by atoms with E-state index in [2.05, 4.69) is 17.9 Å². The summed E-state index contributed by atoms with van der Waals surface area (Å²) in [6, 6.07) is 6.54. The predicted octanol–water partition coefficient (Wildman–Crippen LogP) is 4.86. The number of likely N-dealkylation sites (tertiary alicyclic amines) is 1. The molecule has 2 atom stereocenters. The van der Waals surface area contributed by atoms with Gasteiger partial charge in [0, 0.05) is 43.2 Å². The number of benzene rings is 2. The molecule has 1 aliphatic carbocycles. The zero-order valence-corrected chi connectivity index (χ0v) is 27.7. The van der Waals surface area contributed by atoms with Crippen LogP contribution in [0.25, 0.3) is 21.9 Å². The second-order valence-electron chi connectivity index (χ2n) is 13.5. The van der Waals surface area contributed by atoms with Gasteiger partial charge in [0.2, 0.25) is 5.78 Å². The quantitative estimate of drug-likeness (QED) is 0.144. The molecule has 3 fully saturated rings. The van der Waals surface area contributed by atoms with Gasteiger partial charge in [-0.1, -0.05) is 12.0 Å². The first-order valence-corrected chi connectivity index (χ1v) is 16.7. The Morgan fingerprint density at radius 3 is 2.65 bits per heavy atom. The highest BCUT2D eigenvalue weighted by atomic mass is 19.1. The molecular weight excluding hydrogens is 615 g/mol. The number of hydrogen-bond acceptors (Lipinski definition) is 10. The number of imidazole rings is 1. The van der Waals surface area contributed by atoms with Crippen LogP contribution < -0.4 is 14.4 Å². The van der Waals surface area contributed by atoms with Crippen molar-refractivity contribution in [1.82, 2.24) is 24.4 Å². The summed E-state index contributed by atoms with van der Waals surface area (Å²) in [4.78, 5) is 33.7. The third kappa shape index (κ3) is 5.95. The topological polar surface area (TPSA) is 115 Å². The lowest BCUT2D eigenvalue weighted by Gasteiger charge is -2.38. The van der Waals surface area contributed by atoms with E-state index in [0.717, 1.165) is 45.1 Å². The van der Waals surface area contributed by atoms with Gasteiger partial charge in [0.05, 0.1) is 11.2 Å². The van der Waals surface area contributed by atoms with Gasteiger partial charge in [0.25, 0.3) is 0 Å². The van der Waals surface area contributed by atoms with E-state index in [-0.39, 0.29) is 41.8 Å². The number of carbonyl (C=O) groups is 1. The van der Waals surface area contributed by atoms with Crippen LogP contribution >= 0.6 is 0 Å². The number of halogens is 1. The predicted molar refractivity (Wildman–Crippen MR) is 179 cm³/mol. The molecule has 11 nitrogen and oxygen atoms in total. The van der Waals surface area contributed by atoms with Crippen molar-refractivity contribution >= 4 is 33.5 Å². The Kier molecular flexibility index (Phi) is 8.70. The maximum absolute atomic E-state index is 15.1. The van der Waals surface area contributed by atoms with Crippen LogP contribution in [0.1, 0.15) is 79.7 Å². The van der Waals surface area contributed by atoms with E-state index in [4.69, 9.17) is 35.6 Å². The molecule has 7 rings (SSSR count). The van der Waals surface area contributed by atoms with Gasteiger partial charge >= 0.3 is 6.01 Å². The zero-order chi connectivity index (χ0) is 33.6. The number of anilines is 1. The normalized spacial score (nSPS) is 21.8. The summed E-state index contributed by atoms with van der Waals surface area (Å²) in [5, 5.41) is 12.0. The molecule has 3 aliphatic rings. The van der Waals surface area contributed by atoms with Crippen LogP contribution in [0.5, 0.6) is 11.8 Å². The maximum Gasteiger partial charge on any atom is 0.320 e. The average Bonchev–Trinajstić information content (AvgIpc) is 3.63. The molecule has 4 heterocycles. The summed E-state index contributed by atoms with van der Waals surface area (Å²) >= 11 is 0. The number of terminal acetylenes is 1. The monoisotopic (exact) mass is 656 g/mol. The number of fused-ring (bicyclic) bond motifs is 2. The molecule has 0 radical (unpaired) electrons. The summed E-state index contributed by atoms with van der Waals surface area (Å²) in [5.41, 5.74) is 0.183. The Hall–Kier alpha value is -4.31. The summed E-state index contributed by atoms with van der Waals surface area (Å²) in [7, 11) is 3.59. The Bertz CT molecular complexity index is 1910. The van der Waals surface area contributed by atoms with Crippen LogP contribution in [-0.2, 0) is 4.74 Å². The fraction of sp³-hybridized carbons (Fsp3) is 0.500. The lowest BCUT2D eigenvalue weighted by atomic mass is 9.91. The highest BCUT2D eigenvalue weighted by Crippen LogP contribution is 2.41. The van der Waals surface area contributed by atoms with E-state index in [0.29, 0.717) is 59.6 Å². The number of ketones is 1. The Morgan fingerprint density at radius 1 is 1.12 bits per heavy atom. The molecule has 1 saturated carbocycles. The standard InChI is InChI=1S/C36H41FN6O5/c1-5-26-28(37)13-12-22-17-25(48-21-46-4)18-27(29(22)26)31(44)34-38-32-30(43(34)23-9-6-10-23)33(42-16-8-14-36(2,45)20-42)40-35(39-32)47-19-24-11-7-15-41(24)3/h1,12-13,17-18,23-24,45H,6-11,14-16,19-21H2,2-4H3/t24-,36+/m0/s1. The van der Waals surface area contributed by atoms with Crippen molar-refractivity contribution in [3.8, 4) is 24.1 Å².